The van der Waals surface area contributed by atoms with Crippen molar-refractivity contribution in [1.82, 2.24) is 28.9 Å². The standard InChI is InChI=1S/C14H13N7S2.CH4/c1-8-3-11(23-20-8)18-13-14-15-6-10(9-4-16-17-5-9)21(14)7-12(19-13)22-2;/h3-7H,1-2H3,(H,16,17)(H,18,19);1H4. The van der Waals surface area contributed by atoms with Gasteiger partial charge in [-0.15, -0.1) is 11.8 Å². The zero-order valence-corrected chi connectivity index (χ0v) is 14.1. The quantitative estimate of drug-likeness (QED) is 0.536. The Labute approximate surface area is 147 Å². The molecular formula is C15H17N7S2. The average Bonchev–Trinajstić information content (AvgIpc) is 3.27. The summed E-state index contributed by atoms with van der Waals surface area (Å²) in [6.07, 6.45) is 9.45. The number of rotatable bonds is 4. The molecule has 0 saturated heterocycles. The second-order valence-corrected chi connectivity index (χ2v) is 6.54. The molecule has 4 aromatic heterocycles. The number of fused-ring (bicyclic) bond motifs is 1. The van der Waals surface area contributed by atoms with E-state index in [1.54, 1.807) is 18.0 Å². The minimum atomic E-state index is 0. The molecule has 24 heavy (non-hydrogen) atoms. The van der Waals surface area contributed by atoms with Crippen molar-refractivity contribution < 1.29 is 0 Å². The molecule has 0 aliphatic heterocycles. The van der Waals surface area contributed by atoms with Crippen molar-refractivity contribution in [2.45, 2.75) is 19.4 Å². The molecule has 9 heteroatoms. The molecule has 0 aromatic carbocycles. The SMILES string of the molecule is C.CSc1cn2c(-c3cn[nH]c3)cnc2c(Nc2cc(C)ns2)n1. The number of anilines is 2. The zero-order valence-electron chi connectivity index (χ0n) is 12.4. The monoisotopic (exact) mass is 359 g/mol. The molecule has 0 aliphatic carbocycles. The van der Waals surface area contributed by atoms with Gasteiger partial charge in [0, 0.05) is 18.0 Å². The fraction of sp³-hybridized carbons (Fsp3) is 0.200. The van der Waals surface area contributed by atoms with Crippen LogP contribution in [0.5, 0.6) is 0 Å². The highest BCUT2D eigenvalue weighted by molar-refractivity contribution is 7.98. The summed E-state index contributed by atoms with van der Waals surface area (Å²) in [5.74, 6) is 0.718. The molecule has 0 atom stereocenters. The Morgan fingerprint density at radius 1 is 1.33 bits per heavy atom. The number of imidazole rings is 1. The summed E-state index contributed by atoms with van der Waals surface area (Å²) in [7, 11) is 0. The molecule has 0 bridgehead atoms. The maximum absolute atomic E-state index is 4.64. The molecule has 0 radical (unpaired) electrons. The number of aromatic nitrogens is 6. The van der Waals surface area contributed by atoms with Crippen LogP contribution < -0.4 is 5.32 Å². The fourth-order valence-corrected chi connectivity index (χ4v) is 3.35. The van der Waals surface area contributed by atoms with Crippen LogP contribution in [0.3, 0.4) is 0 Å². The zero-order chi connectivity index (χ0) is 15.8. The first-order valence-corrected chi connectivity index (χ1v) is 8.86. The number of nitrogens with one attached hydrogen (secondary N) is 2. The Bertz CT molecular complexity index is 956. The molecule has 7 nitrogen and oxygen atoms in total. The van der Waals surface area contributed by atoms with Crippen molar-refractivity contribution in [2.75, 3.05) is 11.6 Å². The summed E-state index contributed by atoms with van der Waals surface area (Å²) >= 11 is 3.00. The van der Waals surface area contributed by atoms with Crippen LogP contribution in [0.2, 0.25) is 0 Å². The van der Waals surface area contributed by atoms with Crippen molar-refractivity contribution in [3.05, 3.63) is 36.5 Å². The lowest BCUT2D eigenvalue weighted by atomic mass is 10.3. The van der Waals surface area contributed by atoms with Crippen molar-refractivity contribution >= 4 is 39.8 Å². The maximum Gasteiger partial charge on any atom is 0.181 e. The van der Waals surface area contributed by atoms with Crippen molar-refractivity contribution in [3.63, 3.8) is 0 Å². The van der Waals surface area contributed by atoms with Gasteiger partial charge in [0.05, 0.1) is 23.8 Å². The number of hydrogen-bond acceptors (Lipinski definition) is 7. The van der Waals surface area contributed by atoms with E-state index < -0.39 is 0 Å². The third kappa shape index (κ3) is 2.87. The molecule has 4 rings (SSSR count). The first-order valence-electron chi connectivity index (χ1n) is 6.86. The minimum Gasteiger partial charge on any atom is -0.328 e. The Hall–Kier alpha value is -2.39. The van der Waals surface area contributed by atoms with Crippen LogP contribution in [-0.4, -0.2) is 35.2 Å². The Morgan fingerprint density at radius 3 is 2.88 bits per heavy atom. The lowest BCUT2D eigenvalue weighted by Gasteiger charge is -2.08. The van der Waals surface area contributed by atoms with Gasteiger partial charge in [-0.25, -0.2) is 9.97 Å². The second-order valence-electron chi connectivity index (χ2n) is 4.91. The molecule has 124 valence electrons. The van der Waals surface area contributed by atoms with Gasteiger partial charge in [0.1, 0.15) is 10.0 Å². The molecule has 0 fully saturated rings. The molecule has 2 N–H and O–H groups in total. The molecule has 4 aromatic rings. The first-order chi connectivity index (χ1) is 11.2. The van der Waals surface area contributed by atoms with Gasteiger partial charge in [0.15, 0.2) is 11.5 Å². The summed E-state index contributed by atoms with van der Waals surface area (Å²) < 4.78 is 6.32. The Balaban J connectivity index is 0.00000169. The van der Waals surface area contributed by atoms with Crippen LogP contribution in [-0.2, 0) is 0 Å². The van der Waals surface area contributed by atoms with Crippen LogP contribution in [0.1, 0.15) is 13.1 Å². The minimum absolute atomic E-state index is 0. The summed E-state index contributed by atoms with van der Waals surface area (Å²) in [5.41, 5.74) is 3.70. The van der Waals surface area contributed by atoms with E-state index in [-0.39, 0.29) is 7.43 Å². The van der Waals surface area contributed by atoms with E-state index in [0.717, 1.165) is 38.4 Å². The summed E-state index contributed by atoms with van der Waals surface area (Å²) in [4.78, 5) is 9.17. The lowest BCUT2D eigenvalue weighted by molar-refractivity contribution is 1.03. The number of nitrogens with zero attached hydrogens (tertiary/aromatic N) is 5. The van der Waals surface area contributed by atoms with Gasteiger partial charge >= 0.3 is 0 Å². The molecular weight excluding hydrogens is 342 g/mol. The van der Waals surface area contributed by atoms with Gasteiger partial charge < -0.3 is 5.32 Å². The Kier molecular flexibility index (Phi) is 4.54. The summed E-state index contributed by atoms with van der Waals surface area (Å²) in [6, 6.07) is 1.99. The fourth-order valence-electron chi connectivity index (χ4n) is 2.29. The smallest absolute Gasteiger partial charge is 0.181 e. The second kappa shape index (κ2) is 6.62. The van der Waals surface area contributed by atoms with Gasteiger partial charge in [-0.05, 0) is 30.8 Å². The van der Waals surface area contributed by atoms with Crippen LogP contribution in [0.15, 0.2) is 35.9 Å². The first kappa shape index (κ1) is 16.5. The largest absolute Gasteiger partial charge is 0.328 e. The van der Waals surface area contributed by atoms with Crippen molar-refractivity contribution in [2.24, 2.45) is 0 Å². The van der Waals surface area contributed by atoms with E-state index in [0.29, 0.717) is 0 Å². The molecule has 0 spiro atoms. The van der Waals surface area contributed by atoms with Crippen LogP contribution in [0.25, 0.3) is 16.9 Å². The van der Waals surface area contributed by atoms with Crippen LogP contribution in [0.4, 0.5) is 10.8 Å². The van der Waals surface area contributed by atoms with Crippen LogP contribution >= 0.6 is 23.3 Å². The predicted octanol–water partition coefficient (Wildman–Crippen LogP) is 3.99. The van der Waals surface area contributed by atoms with Gasteiger partial charge in [-0.3, -0.25) is 9.50 Å². The van der Waals surface area contributed by atoms with E-state index in [4.69, 9.17) is 0 Å². The molecule has 0 saturated carbocycles. The Morgan fingerprint density at radius 2 is 2.21 bits per heavy atom. The molecule has 0 unspecified atom stereocenters. The topological polar surface area (TPSA) is 83.8 Å². The summed E-state index contributed by atoms with van der Waals surface area (Å²) in [5, 5.41) is 12.0. The molecule has 4 heterocycles. The van der Waals surface area contributed by atoms with E-state index in [2.05, 4.69) is 29.9 Å². The number of hydrogen-bond donors (Lipinski definition) is 2. The highest BCUT2D eigenvalue weighted by Crippen LogP contribution is 2.29. The van der Waals surface area contributed by atoms with Gasteiger partial charge in [0.25, 0.3) is 0 Å². The predicted molar refractivity (Wildman–Crippen MR) is 99.2 cm³/mol. The van der Waals surface area contributed by atoms with Crippen molar-refractivity contribution in [3.8, 4) is 11.3 Å². The highest BCUT2D eigenvalue weighted by atomic mass is 32.2. The maximum atomic E-state index is 4.64. The normalized spacial score (nSPS) is 10.8. The molecule has 0 aliphatic rings. The van der Waals surface area contributed by atoms with Gasteiger partial charge in [0.2, 0.25) is 0 Å². The highest BCUT2D eigenvalue weighted by Gasteiger charge is 2.14. The number of H-pyrrole nitrogens is 1. The number of thioether (sulfide) groups is 1. The third-order valence-electron chi connectivity index (χ3n) is 3.34. The average molecular weight is 359 g/mol. The van der Waals surface area contributed by atoms with Gasteiger partial charge in [-0.2, -0.15) is 9.47 Å². The third-order valence-corrected chi connectivity index (χ3v) is 4.75. The van der Waals surface area contributed by atoms with Crippen LogP contribution in [0, 0.1) is 6.92 Å². The van der Waals surface area contributed by atoms with E-state index in [9.17, 15) is 0 Å². The summed E-state index contributed by atoms with van der Waals surface area (Å²) in [6.45, 7) is 1.97. The number of aryl methyl sites for hydroxylation is 1. The lowest BCUT2D eigenvalue weighted by Crippen LogP contribution is -1.99. The van der Waals surface area contributed by atoms with Crippen molar-refractivity contribution in [1.29, 1.82) is 0 Å². The van der Waals surface area contributed by atoms with Gasteiger partial charge in [-0.1, -0.05) is 7.43 Å². The van der Waals surface area contributed by atoms with E-state index >= 15 is 0 Å². The van der Waals surface area contributed by atoms with E-state index in [1.807, 2.05) is 42.2 Å². The van der Waals surface area contributed by atoms with E-state index in [1.165, 1.54) is 11.5 Å². The molecule has 0 amide bonds. The number of aromatic amines is 1.